The van der Waals surface area contributed by atoms with Crippen molar-refractivity contribution in [3.63, 3.8) is 0 Å². The molecule has 0 bridgehead atoms. The summed E-state index contributed by atoms with van der Waals surface area (Å²) in [5.41, 5.74) is 5.65. The number of amides is 1. The van der Waals surface area contributed by atoms with Gasteiger partial charge >= 0.3 is 0 Å². The zero-order valence-corrected chi connectivity index (χ0v) is 9.50. The van der Waals surface area contributed by atoms with Gasteiger partial charge in [-0.3, -0.25) is 4.79 Å². The van der Waals surface area contributed by atoms with Crippen LogP contribution in [0.4, 0.5) is 0 Å². The van der Waals surface area contributed by atoms with Crippen molar-refractivity contribution in [3.05, 3.63) is 17.5 Å². The van der Waals surface area contributed by atoms with Crippen molar-refractivity contribution in [2.45, 2.75) is 13.3 Å². The lowest BCUT2D eigenvalue weighted by Crippen LogP contribution is -2.30. The third kappa shape index (κ3) is 3.32. The largest absolute Gasteiger partial charge is 0.393 e. The number of carbonyl (C=O) groups excluding carboxylic acids is 1. The number of hydrogen-bond donors (Lipinski definition) is 1. The predicted molar refractivity (Wildman–Crippen MR) is 59.6 cm³/mol. The maximum Gasteiger partial charge on any atom is 0.275 e. The van der Waals surface area contributed by atoms with Gasteiger partial charge in [0.1, 0.15) is 5.76 Å². The van der Waals surface area contributed by atoms with Crippen LogP contribution in [0.15, 0.2) is 10.6 Å². The molecule has 1 amide bonds. The van der Waals surface area contributed by atoms with Crippen LogP contribution in [0.1, 0.15) is 22.7 Å². The van der Waals surface area contributed by atoms with Crippen LogP contribution in [0.25, 0.3) is 0 Å². The number of thiocarbonyl (C=S) groups is 1. The smallest absolute Gasteiger partial charge is 0.275 e. The number of aromatic nitrogens is 1. The molecule has 0 aromatic carbocycles. The first-order chi connectivity index (χ1) is 7.00. The lowest BCUT2D eigenvalue weighted by molar-refractivity contribution is 0.0788. The van der Waals surface area contributed by atoms with Gasteiger partial charge in [-0.1, -0.05) is 17.4 Å². The van der Waals surface area contributed by atoms with E-state index in [9.17, 15) is 4.79 Å². The molecule has 0 spiro atoms. The van der Waals surface area contributed by atoms with Gasteiger partial charge in [-0.25, -0.2) is 0 Å². The molecule has 0 saturated heterocycles. The van der Waals surface area contributed by atoms with Crippen molar-refractivity contribution in [3.8, 4) is 0 Å². The molecule has 1 heterocycles. The molecule has 0 aliphatic heterocycles. The van der Waals surface area contributed by atoms with Gasteiger partial charge in [-0.05, 0) is 6.92 Å². The second kappa shape index (κ2) is 4.88. The van der Waals surface area contributed by atoms with Gasteiger partial charge < -0.3 is 15.2 Å². The monoisotopic (exact) mass is 227 g/mol. The van der Waals surface area contributed by atoms with Crippen molar-refractivity contribution in [2.75, 3.05) is 13.6 Å². The van der Waals surface area contributed by atoms with Gasteiger partial charge in [0.25, 0.3) is 5.91 Å². The van der Waals surface area contributed by atoms with E-state index in [1.807, 2.05) is 0 Å². The van der Waals surface area contributed by atoms with Gasteiger partial charge in [-0.2, -0.15) is 0 Å². The highest BCUT2D eigenvalue weighted by molar-refractivity contribution is 7.80. The maximum atomic E-state index is 11.7. The summed E-state index contributed by atoms with van der Waals surface area (Å²) in [6.07, 6.45) is 0.508. The first-order valence-corrected chi connectivity index (χ1v) is 4.88. The number of rotatable bonds is 4. The van der Waals surface area contributed by atoms with Crippen LogP contribution in [0.2, 0.25) is 0 Å². The molecule has 1 aromatic heterocycles. The minimum absolute atomic E-state index is 0.192. The summed E-state index contributed by atoms with van der Waals surface area (Å²) in [5, 5.41) is 3.63. The van der Waals surface area contributed by atoms with E-state index in [1.165, 1.54) is 4.90 Å². The SMILES string of the molecule is Cc1cc(C(=O)N(C)CCC(N)=S)no1. The van der Waals surface area contributed by atoms with Crippen molar-refractivity contribution in [1.29, 1.82) is 0 Å². The average Bonchev–Trinajstić information content (AvgIpc) is 2.60. The lowest BCUT2D eigenvalue weighted by atomic mass is 10.3. The number of carbonyl (C=O) groups is 1. The molecule has 0 radical (unpaired) electrons. The van der Waals surface area contributed by atoms with E-state index in [4.69, 9.17) is 22.5 Å². The molecule has 0 saturated carbocycles. The molecular weight excluding hydrogens is 214 g/mol. The van der Waals surface area contributed by atoms with Crippen LogP contribution >= 0.6 is 12.2 Å². The first kappa shape index (κ1) is 11.6. The normalized spacial score (nSPS) is 10.0. The minimum atomic E-state index is -0.192. The summed E-state index contributed by atoms with van der Waals surface area (Å²) in [7, 11) is 1.67. The van der Waals surface area contributed by atoms with E-state index in [2.05, 4.69) is 5.16 Å². The van der Waals surface area contributed by atoms with Gasteiger partial charge in [0, 0.05) is 26.1 Å². The molecule has 1 aromatic rings. The molecule has 82 valence electrons. The lowest BCUT2D eigenvalue weighted by Gasteiger charge is -2.14. The van der Waals surface area contributed by atoms with E-state index < -0.39 is 0 Å². The van der Waals surface area contributed by atoms with E-state index in [0.29, 0.717) is 29.4 Å². The molecule has 2 N–H and O–H groups in total. The van der Waals surface area contributed by atoms with E-state index in [-0.39, 0.29) is 5.91 Å². The molecule has 0 aliphatic rings. The second-order valence-electron chi connectivity index (χ2n) is 3.27. The first-order valence-electron chi connectivity index (χ1n) is 4.48. The van der Waals surface area contributed by atoms with Crippen molar-refractivity contribution < 1.29 is 9.32 Å². The molecule has 0 atom stereocenters. The second-order valence-corrected chi connectivity index (χ2v) is 3.79. The highest BCUT2D eigenvalue weighted by atomic mass is 32.1. The highest BCUT2D eigenvalue weighted by Gasteiger charge is 2.15. The molecule has 5 nitrogen and oxygen atoms in total. The Kier molecular flexibility index (Phi) is 3.79. The highest BCUT2D eigenvalue weighted by Crippen LogP contribution is 2.04. The molecule has 1 rings (SSSR count). The quantitative estimate of drug-likeness (QED) is 0.768. The zero-order valence-electron chi connectivity index (χ0n) is 8.69. The summed E-state index contributed by atoms with van der Waals surface area (Å²) in [6, 6.07) is 1.60. The van der Waals surface area contributed by atoms with Gasteiger partial charge in [0.15, 0.2) is 5.69 Å². The molecule has 0 aliphatic carbocycles. The van der Waals surface area contributed by atoms with Crippen LogP contribution in [0.5, 0.6) is 0 Å². The predicted octanol–water partition coefficient (Wildman–Crippen LogP) is 0.731. The Morgan fingerprint density at radius 1 is 1.73 bits per heavy atom. The van der Waals surface area contributed by atoms with E-state index >= 15 is 0 Å². The Morgan fingerprint density at radius 2 is 2.40 bits per heavy atom. The fourth-order valence-corrected chi connectivity index (χ4v) is 1.13. The average molecular weight is 227 g/mol. The van der Waals surface area contributed by atoms with Crippen LogP contribution in [0, 0.1) is 6.92 Å². The van der Waals surface area contributed by atoms with Crippen LogP contribution in [-0.2, 0) is 0 Å². The molecular formula is C9H13N3O2S. The van der Waals surface area contributed by atoms with Gasteiger partial charge in [0.2, 0.25) is 0 Å². The summed E-state index contributed by atoms with van der Waals surface area (Å²) in [4.78, 5) is 13.6. The summed E-state index contributed by atoms with van der Waals surface area (Å²) < 4.78 is 4.81. The minimum Gasteiger partial charge on any atom is -0.393 e. The summed E-state index contributed by atoms with van der Waals surface area (Å²) >= 11 is 4.73. The van der Waals surface area contributed by atoms with Crippen molar-refractivity contribution >= 4 is 23.1 Å². The van der Waals surface area contributed by atoms with Crippen LogP contribution < -0.4 is 5.73 Å². The Bertz CT molecular complexity index is 375. The topological polar surface area (TPSA) is 72.4 Å². The Hall–Kier alpha value is -1.43. The molecule has 6 heteroatoms. The Balaban J connectivity index is 2.57. The summed E-state index contributed by atoms with van der Waals surface area (Å²) in [5.74, 6) is 0.421. The third-order valence-corrected chi connectivity index (χ3v) is 2.09. The van der Waals surface area contributed by atoms with Crippen LogP contribution in [0.3, 0.4) is 0 Å². The third-order valence-electron chi connectivity index (χ3n) is 1.89. The van der Waals surface area contributed by atoms with Gasteiger partial charge in [0.05, 0.1) is 4.99 Å². The van der Waals surface area contributed by atoms with Crippen molar-refractivity contribution in [1.82, 2.24) is 10.1 Å². The Morgan fingerprint density at radius 3 is 2.87 bits per heavy atom. The van der Waals surface area contributed by atoms with Crippen molar-refractivity contribution in [2.24, 2.45) is 5.73 Å². The number of aryl methyl sites for hydroxylation is 1. The maximum absolute atomic E-state index is 11.7. The standard InChI is InChI=1S/C9H13N3O2S/c1-6-5-7(11-14-6)9(13)12(2)4-3-8(10)15/h5H,3-4H2,1-2H3,(H2,10,15). The fourth-order valence-electron chi connectivity index (χ4n) is 1.04. The number of nitrogens with zero attached hydrogens (tertiary/aromatic N) is 2. The molecule has 0 unspecified atom stereocenters. The zero-order chi connectivity index (χ0) is 11.4. The van der Waals surface area contributed by atoms with E-state index in [0.717, 1.165) is 0 Å². The molecule has 0 fully saturated rings. The molecule has 15 heavy (non-hydrogen) atoms. The Labute approximate surface area is 93.2 Å². The van der Waals surface area contributed by atoms with E-state index in [1.54, 1.807) is 20.0 Å². The number of hydrogen-bond acceptors (Lipinski definition) is 4. The fraction of sp³-hybridized carbons (Fsp3) is 0.444. The van der Waals surface area contributed by atoms with Gasteiger partial charge in [-0.15, -0.1) is 0 Å². The summed E-state index contributed by atoms with van der Waals surface area (Å²) in [6.45, 7) is 2.22. The number of nitrogens with two attached hydrogens (primary N) is 1. The van der Waals surface area contributed by atoms with Crippen LogP contribution in [-0.4, -0.2) is 34.5 Å².